The predicted molar refractivity (Wildman–Crippen MR) is 125 cm³/mol. The zero-order chi connectivity index (χ0) is 30.4. The number of ether oxygens (including phenoxy) is 6. The second-order valence-corrected chi connectivity index (χ2v) is 11.6. The molecule has 0 aromatic carbocycles. The fourth-order valence-corrected chi connectivity index (χ4v) is 5.96. The third-order valence-corrected chi connectivity index (χ3v) is 8.07. The van der Waals surface area contributed by atoms with Crippen molar-refractivity contribution in [1.82, 2.24) is 0 Å². The predicted octanol–water partition coefficient (Wildman–Crippen LogP) is -8.28. The van der Waals surface area contributed by atoms with Gasteiger partial charge in [-0.3, -0.25) is 4.18 Å². The fraction of sp³-hybridized carbons (Fsp3) is 1.00. The van der Waals surface area contributed by atoms with Gasteiger partial charge in [0.15, 0.2) is 24.7 Å². The van der Waals surface area contributed by atoms with Gasteiger partial charge in [0.1, 0.15) is 54.9 Å². The molecule has 1 saturated carbocycles. The number of aliphatic hydroxyl groups is 8. The van der Waals surface area contributed by atoms with Crippen LogP contribution in [0.25, 0.3) is 0 Å². The molecular formula is C22H37NaO18S. The average Bonchev–Trinajstić information content (AvgIpc) is 2.88. The largest absolute Gasteiger partial charge is 1.00 e. The van der Waals surface area contributed by atoms with E-state index in [1.165, 1.54) is 6.92 Å². The van der Waals surface area contributed by atoms with Crippen LogP contribution in [-0.4, -0.2) is 159 Å². The summed E-state index contributed by atoms with van der Waals surface area (Å²) >= 11 is 0. The molecular weight excluding hydrogens is 607 g/mol. The van der Waals surface area contributed by atoms with E-state index in [0.29, 0.717) is 6.42 Å². The molecule has 3 saturated heterocycles. The Morgan fingerprint density at radius 3 is 2.02 bits per heavy atom. The molecule has 0 radical (unpaired) electrons. The minimum absolute atomic E-state index is 0. The first-order valence-corrected chi connectivity index (χ1v) is 14.4. The molecule has 0 aromatic rings. The van der Waals surface area contributed by atoms with Crippen LogP contribution in [0.2, 0.25) is 0 Å². The maximum Gasteiger partial charge on any atom is 1.00 e. The SMILES string of the molecule is CCCO[C@@H]1O[C@H](CO)[C@@H](O[C@@H]2O[C@@H](C)[C@@H](O)[C@@H](O)[C@@H]2O)[C@H](O[C@@H]2O[C@@H]3CC(O)(O)[C@@H]3[C@H](OS(=O)(=O)[O-])[C@H]2O)[C@H]1O.[Na+]. The number of aliphatic hydroxyl groups excluding tert-OH is 6. The maximum absolute atomic E-state index is 11.4. The van der Waals surface area contributed by atoms with Crippen molar-refractivity contribution in [2.45, 2.75) is 118 Å². The van der Waals surface area contributed by atoms with Crippen LogP contribution in [0.3, 0.4) is 0 Å². The molecule has 3 aliphatic heterocycles. The molecule has 1 aliphatic carbocycles. The smallest absolute Gasteiger partial charge is 0.726 e. The summed E-state index contributed by atoms with van der Waals surface area (Å²) in [6.07, 6.45) is -22.5. The number of fused-ring (bicyclic) bond motifs is 1. The Kier molecular flexibility index (Phi) is 12.6. The minimum atomic E-state index is -5.46. The number of rotatable bonds is 10. The van der Waals surface area contributed by atoms with Gasteiger partial charge in [0, 0.05) is 13.0 Å². The molecule has 42 heavy (non-hydrogen) atoms. The Labute approximate surface area is 263 Å². The quantitative estimate of drug-likeness (QED) is 0.0474. The fourth-order valence-electron chi connectivity index (χ4n) is 5.46. The summed E-state index contributed by atoms with van der Waals surface area (Å²) in [7, 11) is -5.46. The molecule has 0 bridgehead atoms. The molecule has 8 N–H and O–H groups in total. The molecule has 4 rings (SSSR count). The topological polar surface area (TPSA) is 284 Å². The van der Waals surface area contributed by atoms with E-state index in [-0.39, 0.29) is 36.2 Å². The Balaban J connectivity index is 0.00000484. The van der Waals surface area contributed by atoms with Crippen molar-refractivity contribution in [3.63, 3.8) is 0 Å². The van der Waals surface area contributed by atoms with Crippen molar-refractivity contribution in [1.29, 1.82) is 0 Å². The zero-order valence-corrected chi connectivity index (χ0v) is 25.9. The van der Waals surface area contributed by atoms with Crippen molar-refractivity contribution in [2.24, 2.45) is 5.92 Å². The minimum Gasteiger partial charge on any atom is -0.726 e. The molecule has 18 nitrogen and oxygen atoms in total. The molecule has 20 heteroatoms. The molecule has 0 amide bonds. The maximum atomic E-state index is 11.4. The monoisotopic (exact) mass is 644 g/mol. The normalized spacial score (nSPS) is 47.2. The first-order chi connectivity index (χ1) is 19.1. The van der Waals surface area contributed by atoms with Gasteiger partial charge >= 0.3 is 29.6 Å². The van der Waals surface area contributed by atoms with Crippen LogP contribution in [0.1, 0.15) is 26.7 Å². The van der Waals surface area contributed by atoms with Gasteiger partial charge in [0.05, 0.1) is 24.7 Å². The van der Waals surface area contributed by atoms with Gasteiger partial charge < -0.3 is 73.8 Å². The summed E-state index contributed by atoms with van der Waals surface area (Å²) in [5.74, 6) is -4.09. The standard InChI is InChI=1S/C22H38O18S.Na/c1-3-4-34-19-15(28)18(16(9(6-23)37-19)38-20-13(26)12(25)11(24)7(2)35-20)39-21-14(27)17(40-41(31,32)33)10-8(36-21)5-22(10,29)30;/h7-21,23-30H,3-6H2,1-2H3,(H,31,32,33);/q;+1/p-1/t7-,8+,9+,10-,11+,12+,13-,14+,15+,16+,17-,18+,19+,20-,21-;/m0./s1. The van der Waals surface area contributed by atoms with Gasteiger partial charge in [0.2, 0.25) is 10.4 Å². The van der Waals surface area contributed by atoms with Gasteiger partial charge in [-0.15, -0.1) is 0 Å². The third kappa shape index (κ3) is 7.64. The van der Waals surface area contributed by atoms with E-state index >= 15 is 0 Å². The van der Waals surface area contributed by atoms with E-state index in [0.717, 1.165) is 0 Å². The Morgan fingerprint density at radius 1 is 0.857 bits per heavy atom. The van der Waals surface area contributed by atoms with Gasteiger partial charge in [0.25, 0.3) is 0 Å². The summed E-state index contributed by atoms with van der Waals surface area (Å²) in [6, 6.07) is 0. The Hall–Kier alpha value is 0.310. The summed E-state index contributed by atoms with van der Waals surface area (Å²) < 4.78 is 72.3. The van der Waals surface area contributed by atoms with Crippen LogP contribution in [0.4, 0.5) is 0 Å². The van der Waals surface area contributed by atoms with Crippen LogP contribution in [0, 0.1) is 5.92 Å². The first-order valence-electron chi connectivity index (χ1n) is 13.1. The van der Waals surface area contributed by atoms with E-state index in [4.69, 9.17) is 28.4 Å². The summed E-state index contributed by atoms with van der Waals surface area (Å²) in [4.78, 5) is 0. The second kappa shape index (κ2) is 14.4. The third-order valence-electron chi connectivity index (χ3n) is 7.61. The van der Waals surface area contributed by atoms with Crippen LogP contribution < -0.4 is 29.6 Å². The van der Waals surface area contributed by atoms with Gasteiger partial charge in [-0.2, -0.15) is 0 Å². The molecule has 0 spiro atoms. The van der Waals surface area contributed by atoms with E-state index in [9.17, 15) is 53.8 Å². The molecule has 0 aromatic heterocycles. The van der Waals surface area contributed by atoms with E-state index in [1.54, 1.807) is 6.92 Å². The summed E-state index contributed by atoms with van der Waals surface area (Å²) in [6.45, 7) is 2.50. The van der Waals surface area contributed by atoms with Crippen molar-refractivity contribution in [3.8, 4) is 0 Å². The molecule has 0 unspecified atom stereocenters. The molecule has 4 aliphatic rings. The van der Waals surface area contributed by atoms with Crippen molar-refractivity contribution in [3.05, 3.63) is 0 Å². The van der Waals surface area contributed by atoms with E-state index in [2.05, 4.69) is 4.18 Å². The summed E-state index contributed by atoms with van der Waals surface area (Å²) in [5.41, 5.74) is 0. The molecule has 3 heterocycles. The first kappa shape index (κ1) is 36.8. The Morgan fingerprint density at radius 2 is 1.45 bits per heavy atom. The van der Waals surface area contributed by atoms with Crippen molar-refractivity contribution in [2.75, 3.05) is 13.2 Å². The molecule has 240 valence electrons. The number of hydrogen-bond acceptors (Lipinski definition) is 18. The van der Waals surface area contributed by atoms with Gasteiger partial charge in [-0.1, -0.05) is 6.92 Å². The molecule has 15 atom stereocenters. The van der Waals surface area contributed by atoms with Crippen LogP contribution in [-0.2, 0) is 43.0 Å². The average molecular weight is 645 g/mol. The van der Waals surface area contributed by atoms with Crippen LogP contribution in [0.5, 0.6) is 0 Å². The van der Waals surface area contributed by atoms with Gasteiger partial charge in [-0.05, 0) is 13.3 Å². The second-order valence-electron chi connectivity index (χ2n) is 10.6. The Bertz CT molecular complexity index is 988. The number of hydrogen-bond donors (Lipinski definition) is 8. The van der Waals surface area contributed by atoms with Crippen molar-refractivity contribution < 1.29 is 116 Å². The van der Waals surface area contributed by atoms with Gasteiger partial charge in [-0.25, -0.2) is 8.42 Å². The van der Waals surface area contributed by atoms with E-state index in [1.807, 2.05) is 0 Å². The molecule has 4 fully saturated rings. The van der Waals surface area contributed by atoms with E-state index < -0.39 is 121 Å². The van der Waals surface area contributed by atoms with Crippen LogP contribution in [0.15, 0.2) is 0 Å². The van der Waals surface area contributed by atoms with Crippen molar-refractivity contribution >= 4 is 10.4 Å². The van der Waals surface area contributed by atoms with Crippen LogP contribution >= 0.6 is 0 Å². The summed E-state index contributed by atoms with van der Waals surface area (Å²) in [5, 5.41) is 82.9. The zero-order valence-electron chi connectivity index (χ0n) is 23.1.